The molecule has 2 aliphatic carbocycles. The molecule has 6 nitrogen and oxygen atoms in total. The molecular weight excluding hydrogens is 734 g/mol. The van der Waals surface area contributed by atoms with Crippen LogP contribution in [-0.4, -0.2) is 56.1 Å². The van der Waals surface area contributed by atoms with E-state index in [4.69, 9.17) is 25.8 Å². The van der Waals surface area contributed by atoms with E-state index in [2.05, 4.69) is 87.9 Å². The lowest BCUT2D eigenvalue weighted by Gasteiger charge is -2.37. The van der Waals surface area contributed by atoms with Crippen molar-refractivity contribution in [1.82, 2.24) is 9.88 Å². The largest absolute Gasteiger partial charge is 0.413 e. The molecule has 2 aromatic rings. The number of hydrogen-bond acceptors (Lipinski definition) is 5. The number of aryl methyl sites for hydroxylation is 2. The van der Waals surface area contributed by atoms with Crippen molar-refractivity contribution >= 4 is 63.4 Å². The first-order chi connectivity index (χ1) is 21.3. The number of likely N-dealkylation sites (tertiary alicyclic amines) is 1. The highest BCUT2D eigenvalue weighted by Crippen LogP contribution is 2.46. The summed E-state index contributed by atoms with van der Waals surface area (Å²) in [5.74, 6) is 1.32. The number of rotatable bonds is 8. The number of benzene rings is 1. The monoisotopic (exact) mass is 779 g/mol. The molecule has 45 heavy (non-hydrogen) atoms. The van der Waals surface area contributed by atoms with Crippen LogP contribution in [0.2, 0.25) is 23.2 Å². The van der Waals surface area contributed by atoms with Crippen molar-refractivity contribution < 1.29 is 14.1 Å². The minimum atomic E-state index is -1.76. The number of fused-ring (bicyclic) bond motifs is 2. The highest BCUT2D eigenvalue weighted by Gasteiger charge is 2.38. The molecule has 1 aliphatic heterocycles. The van der Waals surface area contributed by atoms with Crippen LogP contribution in [0.5, 0.6) is 0 Å². The standard InChI is InChI=1S/C35H48Br2ClN3O3Si/c1-35(2,3)45(4,5)44-17-16-43-40-29-10-6-23(7-11-29)18-31(42)41-14-12-24(13-15-41)33-32-25(20-28(38)21-30(32)37)8-9-26-19-27(36)22-39-34(26)33/h19-24,33H,6-18H2,1-5H3/t23?,33-/m1/s1. The van der Waals surface area contributed by atoms with Crippen LogP contribution in [0.4, 0.5) is 0 Å². The van der Waals surface area contributed by atoms with Crippen LogP contribution < -0.4 is 0 Å². The maximum atomic E-state index is 13.4. The van der Waals surface area contributed by atoms with Crippen molar-refractivity contribution in [1.29, 1.82) is 0 Å². The Morgan fingerprint density at radius 2 is 1.71 bits per heavy atom. The molecule has 1 saturated carbocycles. The van der Waals surface area contributed by atoms with E-state index in [9.17, 15) is 4.79 Å². The molecule has 0 radical (unpaired) electrons. The first kappa shape index (κ1) is 35.1. The Bertz CT molecular complexity index is 1400. The van der Waals surface area contributed by atoms with Crippen molar-refractivity contribution in [3.05, 3.63) is 60.7 Å². The average molecular weight is 782 g/mol. The van der Waals surface area contributed by atoms with Gasteiger partial charge >= 0.3 is 0 Å². The molecule has 10 heteroatoms. The molecule has 1 amide bonds. The Morgan fingerprint density at radius 3 is 2.40 bits per heavy atom. The number of piperidine rings is 1. The van der Waals surface area contributed by atoms with Gasteiger partial charge in [0.2, 0.25) is 5.91 Å². The van der Waals surface area contributed by atoms with Gasteiger partial charge in [0, 0.05) is 45.6 Å². The fraction of sp³-hybridized carbons (Fsp3) is 0.629. The number of oxime groups is 1. The van der Waals surface area contributed by atoms with E-state index in [1.54, 1.807) is 0 Å². The fourth-order valence-corrected chi connectivity index (χ4v) is 9.41. The summed E-state index contributed by atoms with van der Waals surface area (Å²) < 4.78 is 8.27. The zero-order valence-electron chi connectivity index (χ0n) is 27.4. The summed E-state index contributed by atoms with van der Waals surface area (Å²) in [6.07, 6.45) is 10.2. The zero-order chi connectivity index (χ0) is 32.4. The summed E-state index contributed by atoms with van der Waals surface area (Å²) in [6, 6.07) is 6.38. The lowest BCUT2D eigenvalue weighted by molar-refractivity contribution is -0.133. The second-order valence-corrected chi connectivity index (χ2v) is 21.6. The summed E-state index contributed by atoms with van der Waals surface area (Å²) in [4.78, 5) is 26.1. The van der Waals surface area contributed by atoms with E-state index >= 15 is 0 Å². The van der Waals surface area contributed by atoms with Crippen LogP contribution in [0.15, 0.2) is 38.5 Å². The van der Waals surface area contributed by atoms with Gasteiger partial charge in [-0.15, -0.1) is 0 Å². The van der Waals surface area contributed by atoms with Gasteiger partial charge in [0.05, 0.1) is 18.0 Å². The number of hydrogen-bond donors (Lipinski definition) is 0. The minimum absolute atomic E-state index is 0.186. The first-order valence-electron chi connectivity index (χ1n) is 16.5. The summed E-state index contributed by atoms with van der Waals surface area (Å²) in [5, 5.41) is 5.37. The molecule has 1 aromatic heterocycles. The molecule has 3 aliphatic rings. The van der Waals surface area contributed by atoms with Crippen molar-refractivity contribution in [2.45, 2.75) is 103 Å². The highest BCUT2D eigenvalue weighted by atomic mass is 79.9. The van der Waals surface area contributed by atoms with Gasteiger partial charge in [-0.25, -0.2) is 0 Å². The Kier molecular flexibility index (Phi) is 11.6. The Labute approximate surface area is 292 Å². The van der Waals surface area contributed by atoms with E-state index < -0.39 is 8.32 Å². The molecule has 0 spiro atoms. The van der Waals surface area contributed by atoms with Gasteiger partial charge in [-0.1, -0.05) is 53.5 Å². The van der Waals surface area contributed by atoms with Gasteiger partial charge in [0.15, 0.2) is 8.32 Å². The van der Waals surface area contributed by atoms with E-state index in [1.807, 2.05) is 12.3 Å². The van der Waals surface area contributed by atoms with Crippen LogP contribution in [0.1, 0.15) is 94.0 Å². The van der Waals surface area contributed by atoms with Gasteiger partial charge in [-0.3, -0.25) is 9.78 Å². The number of carbonyl (C=O) groups excluding carboxylic acids is 1. The van der Waals surface area contributed by atoms with E-state index in [1.165, 1.54) is 22.4 Å². The molecule has 1 atom stereocenters. The van der Waals surface area contributed by atoms with Crippen LogP contribution in [0, 0.1) is 11.8 Å². The summed E-state index contributed by atoms with van der Waals surface area (Å²) in [6.45, 7) is 13.9. The number of aromatic nitrogens is 1. The second kappa shape index (κ2) is 14.9. The average Bonchev–Trinajstić information content (AvgIpc) is 3.14. The Hall–Kier alpha value is -1.26. The van der Waals surface area contributed by atoms with E-state index in [0.717, 1.165) is 84.1 Å². The van der Waals surface area contributed by atoms with Gasteiger partial charge in [0.1, 0.15) is 6.61 Å². The number of pyridine rings is 1. The topological polar surface area (TPSA) is 64.0 Å². The van der Waals surface area contributed by atoms with Crippen molar-refractivity contribution in [3.8, 4) is 0 Å². The number of carbonyl (C=O) groups is 1. The van der Waals surface area contributed by atoms with Gasteiger partial charge in [-0.2, -0.15) is 0 Å². The predicted molar refractivity (Wildman–Crippen MR) is 193 cm³/mol. The second-order valence-electron chi connectivity index (χ2n) is 14.6. The molecule has 0 unspecified atom stereocenters. The number of nitrogens with zero attached hydrogens (tertiary/aromatic N) is 3. The molecule has 0 N–H and O–H groups in total. The lowest BCUT2D eigenvalue weighted by Crippen LogP contribution is -2.41. The number of amides is 1. The lowest BCUT2D eigenvalue weighted by atomic mass is 9.76. The van der Waals surface area contributed by atoms with Crippen molar-refractivity contribution in [2.24, 2.45) is 17.0 Å². The quantitative estimate of drug-likeness (QED) is 0.152. The molecular formula is C35H48Br2ClN3O3Si. The van der Waals surface area contributed by atoms with E-state index in [-0.39, 0.29) is 11.0 Å². The van der Waals surface area contributed by atoms with Crippen molar-refractivity contribution in [3.63, 3.8) is 0 Å². The smallest absolute Gasteiger partial charge is 0.222 e. The van der Waals surface area contributed by atoms with Gasteiger partial charge < -0.3 is 14.2 Å². The summed E-state index contributed by atoms with van der Waals surface area (Å²) >= 11 is 14.0. The Balaban J connectivity index is 1.12. The normalized spacial score (nSPS) is 21.2. The van der Waals surface area contributed by atoms with Crippen LogP contribution in [0.3, 0.4) is 0 Å². The molecule has 2 heterocycles. The summed E-state index contributed by atoms with van der Waals surface area (Å²) in [7, 11) is -1.76. The minimum Gasteiger partial charge on any atom is -0.413 e. The van der Waals surface area contributed by atoms with Gasteiger partial charge in [-0.05, 0) is 132 Å². The molecule has 0 bridgehead atoms. The molecule has 1 saturated heterocycles. The third-order valence-electron chi connectivity index (χ3n) is 10.6. The SMILES string of the molecule is CC(C)(C)[Si](C)(C)OCCON=C1CCC(CC(=O)N2CCC([C@H]3c4ncc(Br)cc4CCc4cc(Cl)cc(Br)c43)CC2)CC1. The predicted octanol–water partition coefficient (Wildman–Crippen LogP) is 9.70. The molecule has 246 valence electrons. The molecule has 5 rings (SSSR count). The summed E-state index contributed by atoms with van der Waals surface area (Å²) in [5.41, 5.74) is 6.22. The van der Waals surface area contributed by atoms with Crippen LogP contribution in [0.25, 0.3) is 0 Å². The van der Waals surface area contributed by atoms with Gasteiger partial charge in [0.25, 0.3) is 0 Å². The Morgan fingerprint density at radius 1 is 1.02 bits per heavy atom. The highest BCUT2D eigenvalue weighted by molar-refractivity contribution is 9.10. The van der Waals surface area contributed by atoms with Crippen molar-refractivity contribution in [2.75, 3.05) is 26.3 Å². The first-order valence-corrected chi connectivity index (χ1v) is 21.4. The fourth-order valence-electron chi connectivity index (χ4n) is 6.88. The zero-order valence-corrected chi connectivity index (χ0v) is 32.4. The molecule has 2 fully saturated rings. The third-order valence-corrected chi connectivity index (χ3v) is 16.4. The van der Waals surface area contributed by atoms with E-state index in [0.29, 0.717) is 37.4 Å². The van der Waals surface area contributed by atoms with Crippen LogP contribution >= 0.6 is 43.5 Å². The maximum absolute atomic E-state index is 13.4. The maximum Gasteiger partial charge on any atom is 0.222 e. The third kappa shape index (κ3) is 8.61. The number of halogens is 3. The molecule has 1 aromatic carbocycles. The van der Waals surface area contributed by atoms with Crippen LogP contribution in [-0.2, 0) is 26.9 Å².